The normalized spacial score (nSPS) is 11.8. The molecule has 3 rings (SSSR count). The molecule has 1 heterocycles. The van der Waals surface area contributed by atoms with Gasteiger partial charge in [-0.3, -0.25) is 9.69 Å². The lowest BCUT2D eigenvalue weighted by Gasteiger charge is -2.27. The van der Waals surface area contributed by atoms with E-state index in [-0.39, 0.29) is 11.6 Å². The number of fused-ring (bicyclic) bond motifs is 1. The maximum Gasteiger partial charge on any atom is 0.328 e. The standard InChI is InChI=1S/C23H28N2O2.C4H4O4/c1-5-24(6-2)17(3)15-25-16-22(18-10-8-7-9-11-18)20-13-12-19(27-4)14-21(20)23(25)26;5-3(6)1-2-4(7)8/h7-14,16-17H,5-6,15H2,1-4H3;1-2H,(H,5,6)(H,7,8)/b;2-1-. The molecular weight excluding hydrogens is 448 g/mol. The van der Waals surface area contributed by atoms with E-state index < -0.39 is 11.9 Å². The fourth-order valence-electron chi connectivity index (χ4n) is 3.87. The van der Waals surface area contributed by atoms with Crippen molar-refractivity contribution in [3.8, 4) is 16.9 Å². The molecule has 0 amide bonds. The number of rotatable bonds is 9. The van der Waals surface area contributed by atoms with Gasteiger partial charge in [-0.1, -0.05) is 44.2 Å². The van der Waals surface area contributed by atoms with Crippen molar-refractivity contribution in [2.75, 3.05) is 20.2 Å². The molecule has 8 heteroatoms. The predicted molar refractivity (Wildman–Crippen MR) is 137 cm³/mol. The van der Waals surface area contributed by atoms with E-state index in [0.717, 1.165) is 29.6 Å². The van der Waals surface area contributed by atoms with Gasteiger partial charge in [0.05, 0.1) is 12.5 Å². The predicted octanol–water partition coefficient (Wildman–Crippen LogP) is 4.12. The molecule has 3 aromatic rings. The first-order chi connectivity index (χ1) is 16.7. The van der Waals surface area contributed by atoms with E-state index in [2.05, 4.69) is 37.8 Å². The molecule has 0 radical (unpaired) electrons. The third-order valence-electron chi connectivity index (χ3n) is 5.64. The molecule has 0 aliphatic carbocycles. The highest BCUT2D eigenvalue weighted by atomic mass is 16.5. The summed E-state index contributed by atoms with van der Waals surface area (Å²) >= 11 is 0. The van der Waals surface area contributed by atoms with Crippen LogP contribution in [0.4, 0.5) is 0 Å². The highest BCUT2D eigenvalue weighted by Gasteiger charge is 2.15. The summed E-state index contributed by atoms with van der Waals surface area (Å²) < 4.78 is 7.21. The maximum absolute atomic E-state index is 13.2. The Kier molecular flexibility index (Phi) is 10.2. The minimum atomic E-state index is -1.26. The monoisotopic (exact) mass is 480 g/mol. The van der Waals surface area contributed by atoms with Crippen LogP contribution in [0, 0.1) is 0 Å². The SMILES string of the molecule is CCN(CC)C(C)Cn1cc(-c2ccccc2)c2ccc(OC)cc2c1=O.O=C(O)/C=C\C(=O)O. The summed E-state index contributed by atoms with van der Waals surface area (Å²) in [5.41, 5.74) is 2.21. The van der Waals surface area contributed by atoms with E-state index in [1.165, 1.54) is 0 Å². The molecule has 2 aromatic carbocycles. The van der Waals surface area contributed by atoms with Gasteiger partial charge in [-0.2, -0.15) is 0 Å². The van der Waals surface area contributed by atoms with Crippen molar-refractivity contribution in [3.63, 3.8) is 0 Å². The van der Waals surface area contributed by atoms with E-state index in [9.17, 15) is 14.4 Å². The first kappa shape index (κ1) is 27.3. The van der Waals surface area contributed by atoms with Crippen molar-refractivity contribution in [2.24, 2.45) is 0 Å². The van der Waals surface area contributed by atoms with Crippen LogP contribution in [0.1, 0.15) is 20.8 Å². The van der Waals surface area contributed by atoms with Crippen LogP contribution in [-0.2, 0) is 16.1 Å². The van der Waals surface area contributed by atoms with Crippen LogP contribution in [0.5, 0.6) is 5.75 Å². The third kappa shape index (κ3) is 7.55. The van der Waals surface area contributed by atoms with Gasteiger partial charge in [0, 0.05) is 36.5 Å². The summed E-state index contributed by atoms with van der Waals surface area (Å²) in [5.74, 6) is -1.81. The number of aliphatic carboxylic acids is 2. The number of nitrogens with zero attached hydrogens (tertiary/aromatic N) is 2. The maximum atomic E-state index is 13.2. The molecule has 1 unspecified atom stereocenters. The molecule has 0 saturated carbocycles. The minimum Gasteiger partial charge on any atom is -0.497 e. The second-order valence-electron chi connectivity index (χ2n) is 7.86. The van der Waals surface area contributed by atoms with Crippen molar-refractivity contribution in [1.82, 2.24) is 9.47 Å². The first-order valence-corrected chi connectivity index (χ1v) is 11.4. The van der Waals surface area contributed by atoms with Gasteiger partial charge in [-0.15, -0.1) is 0 Å². The minimum absolute atomic E-state index is 0.0302. The largest absolute Gasteiger partial charge is 0.497 e. The first-order valence-electron chi connectivity index (χ1n) is 11.4. The van der Waals surface area contributed by atoms with Gasteiger partial charge < -0.3 is 19.5 Å². The number of likely N-dealkylation sites (N-methyl/N-ethyl adjacent to an activating group) is 1. The second kappa shape index (κ2) is 13.1. The lowest BCUT2D eigenvalue weighted by Crippen LogP contribution is -2.38. The summed E-state index contributed by atoms with van der Waals surface area (Å²) in [4.78, 5) is 34.7. The molecule has 0 spiro atoms. The van der Waals surface area contributed by atoms with Crippen molar-refractivity contribution in [3.05, 3.63) is 77.2 Å². The smallest absolute Gasteiger partial charge is 0.328 e. The van der Waals surface area contributed by atoms with Gasteiger partial charge >= 0.3 is 11.9 Å². The van der Waals surface area contributed by atoms with Crippen LogP contribution >= 0.6 is 0 Å². The van der Waals surface area contributed by atoms with Gasteiger partial charge in [0.1, 0.15) is 5.75 Å². The third-order valence-corrected chi connectivity index (χ3v) is 5.64. The van der Waals surface area contributed by atoms with Crippen LogP contribution in [0.3, 0.4) is 0 Å². The molecule has 186 valence electrons. The number of methoxy groups -OCH3 is 1. The number of hydrogen-bond donors (Lipinski definition) is 2. The lowest BCUT2D eigenvalue weighted by atomic mass is 10.0. The fraction of sp³-hybridized carbons (Fsp3) is 0.296. The number of carboxylic acid groups (broad SMARTS) is 2. The number of ether oxygens (including phenoxy) is 1. The highest BCUT2D eigenvalue weighted by molar-refractivity contribution is 5.96. The van der Waals surface area contributed by atoms with E-state index in [1.807, 2.05) is 47.2 Å². The topological polar surface area (TPSA) is 109 Å². The summed E-state index contributed by atoms with van der Waals surface area (Å²) in [6.07, 6.45) is 3.12. The number of pyridine rings is 1. The highest BCUT2D eigenvalue weighted by Crippen LogP contribution is 2.29. The molecule has 1 atom stereocenters. The lowest BCUT2D eigenvalue weighted by molar-refractivity contribution is -0.134. The van der Waals surface area contributed by atoms with E-state index in [1.54, 1.807) is 7.11 Å². The average Bonchev–Trinajstić information content (AvgIpc) is 2.86. The number of hydrogen-bond acceptors (Lipinski definition) is 5. The zero-order chi connectivity index (χ0) is 26.0. The molecule has 0 aliphatic heterocycles. The zero-order valence-electron chi connectivity index (χ0n) is 20.5. The summed E-state index contributed by atoms with van der Waals surface area (Å²) in [5, 5.41) is 17.3. The van der Waals surface area contributed by atoms with Crippen LogP contribution in [0.15, 0.2) is 71.7 Å². The Labute approximate surface area is 204 Å². The van der Waals surface area contributed by atoms with Gasteiger partial charge in [0.2, 0.25) is 0 Å². The van der Waals surface area contributed by atoms with Crippen LogP contribution in [0.2, 0.25) is 0 Å². The molecule has 2 N–H and O–H groups in total. The Bertz CT molecular complexity index is 1210. The average molecular weight is 481 g/mol. The van der Waals surface area contributed by atoms with Crippen LogP contribution in [-0.4, -0.2) is 57.9 Å². The van der Waals surface area contributed by atoms with Crippen LogP contribution in [0.25, 0.3) is 21.9 Å². The molecule has 8 nitrogen and oxygen atoms in total. The molecule has 0 saturated heterocycles. The summed E-state index contributed by atoms with van der Waals surface area (Å²) in [6.45, 7) is 9.09. The van der Waals surface area contributed by atoms with Crippen molar-refractivity contribution < 1.29 is 24.5 Å². The number of aromatic nitrogens is 1. The summed E-state index contributed by atoms with van der Waals surface area (Å²) in [6, 6.07) is 16.3. The van der Waals surface area contributed by atoms with Crippen LogP contribution < -0.4 is 10.3 Å². The molecule has 0 fully saturated rings. The van der Waals surface area contributed by atoms with E-state index >= 15 is 0 Å². The van der Waals surface area contributed by atoms with Gasteiger partial charge in [0.15, 0.2) is 0 Å². The van der Waals surface area contributed by atoms with E-state index in [4.69, 9.17) is 14.9 Å². The van der Waals surface area contributed by atoms with Gasteiger partial charge in [-0.25, -0.2) is 9.59 Å². The second-order valence-corrected chi connectivity index (χ2v) is 7.86. The molecule has 35 heavy (non-hydrogen) atoms. The van der Waals surface area contributed by atoms with E-state index in [0.29, 0.717) is 29.8 Å². The summed E-state index contributed by atoms with van der Waals surface area (Å²) in [7, 11) is 1.63. The Balaban J connectivity index is 0.000000466. The Morgan fingerprint density at radius 1 is 1.00 bits per heavy atom. The van der Waals surface area contributed by atoms with Crippen molar-refractivity contribution >= 4 is 22.7 Å². The molecular formula is C27H32N2O6. The molecule has 0 aliphatic rings. The Morgan fingerprint density at radius 2 is 1.60 bits per heavy atom. The number of carboxylic acids is 2. The van der Waals surface area contributed by atoms with Gasteiger partial charge in [-0.05, 0) is 49.2 Å². The number of carbonyl (C=O) groups is 2. The van der Waals surface area contributed by atoms with Crippen molar-refractivity contribution in [2.45, 2.75) is 33.4 Å². The Morgan fingerprint density at radius 3 is 2.11 bits per heavy atom. The number of benzene rings is 2. The molecule has 1 aromatic heterocycles. The zero-order valence-corrected chi connectivity index (χ0v) is 20.5. The molecule has 0 bridgehead atoms. The van der Waals surface area contributed by atoms with Gasteiger partial charge in [0.25, 0.3) is 5.56 Å². The van der Waals surface area contributed by atoms with Crippen molar-refractivity contribution in [1.29, 1.82) is 0 Å². The fourth-order valence-corrected chi connectivity index (χ4v) is 3.87. The Hall–Kier alpha value is -3.91. The quantitative estimate of drug-likeness (QED) is 0.444.